The molecule has 0 atom stereocenters. The maximum absolute atomic E-state index is 4.28. The highest BCUT2D eigenvalue weighted by Gasteiger charge is 2.28. The van der Waals surface area contributed by atoms with Gasteiger partial charge in [0.1, 0.15) is 0 Å². The zero-order valence-corrected chi connectivity index (χ0v) is 12.1. The summed E-state index contributed by atoms with van der Waals surface area (Å²) in [6.45, 7) is 4.08. The predicted octanol–water partition coefficient (Wildman–Crippen LogP) is 4.21. The zero-order chi connectivity index (χ0) is 14.4. The minimum atomic E-state index is 0.187. The number of fused-ring (bicyclic) bond motifs is 3. The van der Waals surface area contributed by atoms with Crippen molar-refractivity contribution in [1.29, 1.82) is 0 Å². The van der Waals surface area contributed by atoms with Crippen molar-refractivity contribution in [3.63, 3.8) is 0 Å². The first kappa shape index (κ1) is 12.2. The van der Waals surface area contributed by atoms with Gasteiger partial charge >= 0.3 is 0 Å². The van der Waals surface area contributed by atoms with Gasteiger partial charge in [-0.3, -0.25) is 5.10 Å². The van der Waals surface area contributed by atoms with Crippen LogP contribution in [0.4, 0.5) is 5.69 Å². The van der Waals surface area contributed by atoms with Crippen molar-refractivity contribution >= 4 is 5.69 Å². The molecule has 4 rings (SSSR count). The van der Waals surface area contributed by atoms with Crippen LogP contribution in [-0.4, -0.2) is 10.2 Å². The fourth-order valence-electron chi connectivity index (χ4n) is 3.22. The number of benzene rings is 2. The maximum Gasteiger partial charge on any atom is 0.0825 e. The molecule has 1 aliphatic rings. The minimum Gasteiger partial charge on any atom is -0.371 e. The van der Waals surface area contributed by atoms with Crippen molar-refractivity contribution < 1.29 is 0 Å². The van der Waals surface area contributed by atoms with Crippen LogP contribution in [0.5, 0.6) is 0 Å². The summed E-state index contributed by atoms with van der Waals surface area (Å²) in [6.07, 6.45) is 0. The first-order valence-electron chi connectivity index (χ1n) is 7.22. The molecule has 0 saturated heterocycles. The van der Waals surface area contributed by atoms with E-state index in [0.717, 1.165) is 17.1 Å². The Balaban J connectivity index is 1.86. The first-order valence-corrected chi connectivity index (χ1v) is 7.22. The van der Waals surface area contributed by atoms with Crippen LogP contribution in [-0.2, 0) is 0 Å². The van der Waals surface area contributed by atoms with Crippen LogP contribution in [0.15, 0.2) is 48.5 Å². The number of nitrogens with zero attached hydrogens (tertiary/aromatic N) is 1. The molecule has 3 nitrogen and oxygen atoms in total. The molecule has 1 heterocycles. The Morgan fingerprint density at radius 2 is 1.48 bits per heavy atom. The molecule has 104 valence electrons. The van der Waals surface area contributed by atoms with E-state index in [4.69, 9.17) is 0 Å². The minimum absolute atomic E-state index is 0.187. The van der Waals surface area contributed by atoms with Gasteiger partial charge in [0.05, 0.1) is 23.1 Å². The van der Waals surface area contributed by atoms with Gasteiger partial charge < -0.3 is 5.32 Å². The fraction of sp³-hybridized carbons (Fsp3) is 0.167. The number of aromatic nitrogens is 2. The molecule has 21 heavy (non-hydrogen) atoms. The van der Waals surface area contributed by atoms with Gasteiger partial charge in [-0.15, -0.1) is 0 Å². The summed E-state index contributed by atoms with van der Waals surface area (Å²) < 4.78 is 0. The Labute approximate surface area is 124 Å². The highest BCUT2D eigenvalue weighted by Crippen LogP contribution is 2.45. The van der Waals surface area contributed by atoms with Crippen molar-refractivity contribution in [3.8, 4) is 11.1 Å². The third kappa shape index (κ3) is 1.77. The summed E-state index contributed by atoms with van der Waals surface area (Å²) in [5.41, 5.74) is 8.50. The lowest BCUT2D eigenvalue weighted by Crippen LogP contribution is -2.10. The molecule has 1 aromatic heterocycles. The number of nitrogens with one attached hydrogen (secondary N) is 2. The fourth-order valence-corrected chi connectivity index (χ4v) is 3.22. The summed E-state index contributed by atoms with van der Waals surface area (Å²) in [4.78, 5) is 0. The SMILES string of the molecule is Cc1n[nH]c(C)c1NC1c2ccccc2-c2ccccc21. The molecule has 2 aromatic carbocycles. The Morgan fingerprint density at radius 3 is 2.00 bits per heavy atom. The number of H-pyrrole nitrogens is 1. The number of aromatic amines is 1. The topological polar surface area (TPSA) is 40.7 Å². The number of aryl methyl sites for hydroxylation is 2. The molecule has 0 aliphatic heterocycles. The van der Waals surface area contributed by atoms with E-state index in [2.05, 4.69) is 71.0 Å². The summed E-state index contributed by atoms with van der Waals surface area (Å²) in [5.74, 6) is 0. The number of rotatable bonds is 2. The zero-order valence-electron chi connectivity index (χ0n) is 12.1. The molecule has 0 unspecified atom stereocenters. The molecular weight excluding hydrogens is 258 g/mol. The Morgan fingerprint density at radius 1 is 0.905 bits per heavy atom. The molecule has 0 fully saturated rings. The highest BCUT2D eigenvalue weighted by atomic mass is 15.2. The summed E-state index contributed by atoms with van der Waals surface area (Å²) in [5, 5.41) is 11.0. The van der Waals surface area contributed by atoms with Crippen molar-refractivity contribution in [2.75, 3.05) is 5.32 Å². The molecule has 3 aromatic rings. The van der Waals surface area contributed by atoms with E-state index in [0.29, 0.717) is 0 Å². The number of hydrogen-bond donors (Lipinski definition) is 2. The third-order valence-electron chi connectivity index (χ3n) is 4.25. The lowest BCUT2D eigenvalue weighted by Gasteiger charge is -2.17. The second-order valence-corrected chi connectivity index (χ2v) is 5.56. The molecule has 0 radical (unpaired) electrons. The quantitative estimate of drug-likeness (QED) is 0.735. The molecule has 0 bridgehead atoms. The third-order valence-corrected chi connectivity index (χ3v) is 4.25. The average Bonchev–Trinajstić information content (AvgIpc) is 3.01. The van der Waals surface area contributed by atoms with Gasteiger partial charge in [0, 0.05) is 0 Å². The predicted molar refractivity (Wildman–Crippen MR) is 85.4 cm³/mol. The molecule has 3 heteroatoms. The largest absolute Gasteiger partial charge is 0.371 e. The van der Waals surface area contributed by atoms with E-state index in [1.807, 2.05) is 6.92 Å². The number of hydrogen-bond acceptors (Lipinski definition) is 2. The van der Waals surface area contributed by atoms with E-state index in [1.165, 1.54) is 22.3 Å². The van der Waals surface area contributed by atoms with E-state index in [1.54, 1.807) is 0 Å². The van der Waals surface area contributed by atoms with Crippen LogP contribution in [0.3, 0.4) is 0 Å². The van der Waals surface area contributed by atoms with Gasteiger partial charge in [0.2, 0.25) is 0 Å². The number of anilines is 1. The smallest absolute Gasteiger partial charge is 0.0825 e. The second kappa shape index (κ2) is 4.48. The van der Waals surface area contributed by atoms with E-state index >= 15 is 0 Å². The van der Waals surface area contributed by atoms with E-state index in [-0.39, 0.29) is 6.04 Å². The van der Waals surface area contributed by atoms with Crippen molar-refractivity contribution in [1.82, 2.24) is 10.2 Å². The standard InChI is InChI=1S/C18H17N3/c1-11-17(12(2)21-20-11)19-18-15-9-5-3-7-13(15)14-8-4-6-10-16(14)18/h3-10,18-19H,1-2H3,(H,20,21). The molecule has 0 saturated carbocycles. The van der Waals surface area contributed by atoms with Gasteiger partial charge in [-0.05, 0) is 36.1 Å². The molecule has 0 spiro atoms. The Kier molecular flexibility index (Phi) is 2.61. The van der Waals surface area contributed by atoms with Crippen LogP contribution in [0.2, 0.25) is 0 Å². The lowest BCUT2D eigenvalue weighted by molar-refractivity contribution is 0.967. The van der Waals surface area contributed by atoms with Gasteiger partial charge in [-0.2, -0.15) is 5.10 Å². The van der Waals surface area contributed by atoms with E-state index < -0.39 is 0 Å². The van der Waals surface area contributed by atoms with Crippen molar-refractivity contribution in [2.24, 2.45) is 0 Å². The Bertz CT molecular complexity index is 752. The van der Waals surface area contributed by atoms with Crippen LogP contribution < -0.4 is 5.32 Å². The van der Waals surface area contributed by atoms with Crippen LogP contribution >= 0.6 is 0 Å². The van der Waals surface area contributed by atoms with Gasteiger partial charge in [-0.25, -0.2) is 0 Å². The van der Waals surface area contributed by atoms with Crippen molar-refractivity contribution in [2.45, 2.75) is 19.9 Å². The normalized spacial score (nSPS) is 13.0. The lowest BCUT2D eigenvalue weighted by atomic mass is 10.0. The molecule has 1 aliphatic carbocycles. The molecule has 0 amide bonds. The van der Waals surface area contributed by atoms with Crippen LogP contribution in [0.25, 0.3) is 11.1 Å². The Hall–Kier alpha value is -2.55. The van der Waals surface area contributed by atoms with Crippen LogP contribution in [0.1, 0.15) is 28.6 Å². The monoisotopic (exact) mass is 275 g/mol. The van der Waals surface area contributed by atoms with Gasteiger partial charge in [0.25, 0.3) is 0 Å². The summed E-state index contributed by atoms with van der Waals surface area (Å²) >= 11 is 0. The molecule has 2 N–H and O–H groups in total. The van der Waals surface area contributed by atoms with Crippen molar-refractivity contribution in [3.05, 3.63) is 71.0 Å². The van der Waals surface area contributed by atoms with E-state index in [9.17, 15) is 0 Å². The second-order valence-electron chi connectivity index (χ2n) is 5.56. The maximum atomic E-state index is 4.28. The first-order chi connectivity index (χ1) is 10.3. The highest BCUT2D eigenvalue weighted by molar-refractivity contribution is 5.80. The molecular formula is C18H17N3. The van der Waals surface area contributed by atoms with Gasteiger partial charge in [0.15, 0.2) is 0 Å². The van der Waals surface area contributed by atoms with Gasteiger partial charge in [-0.1, -0.05) is 48.5 Å². The average molecular weight is 275 g/mol. The summed E-state index contributed by atoms with van der Waals surface area (Å²) in [6, 6.07) is 17.4. The van der Waals surface area contributed by atoms with Crippen LogP contribution in [0, 0.1) is 13.8 Å². The summed E-state index contributed by atoms with van der Waals surface area (Å²) in [7, 11) is 0.